The largest absolute Gasteiger partial charge is 0.388 e. The molecule has 0 amide bonds. The number of nitrogens with zero attached hydrogens (tertiary/aromatic N) is 1. The minimum atomic E-state index is -0.450. The van der Waals surface area contributed by atoms with Gasteiger partial charge in [-0.2, -0.15) is 0 Å². The monoisotopic (exact) mass is 239 g/mol. The van der Waals surface area contributed by atoms with Crippen LogP contribution < -0.4 is 0 Å². The van der Waals surface area contributed by atoms with Crippen molar-refractivity contribution in [3.8, 4) is 11.3 Å². The Labute approximate surface area is 108 Å². The molecule has 1 aromatic heterocycles. The first-order valence-corrected chi connectivity index (χ1v) is 6.12. The van der Waals surface area contributed by atoms with Crippen LogP contribution in [0.25, 0.3) is 17.3 Å². The van der Waals surface area contributed by atoms with Gasteiger partial charge in [-0.25, -0.2) is 4.98 Å². The second-order valence-corrected chi connectivity index (χ2v) is 4.20. The molecular formula is C16H17NO. The Balaban J connectivity index is 2.51. The van der Waals surface area contributed by atoms with Gasteiger partial charge in [0.25, 0.3) is 0 Å². The summed E-state index contributed by atoms with van der Waals surface area (Å²) >= 11 is 0. The van der Waals surface area contributed by atoms with E-state index in [0.717, 1.165) is 22.5 Å². The summed E-state index contributed by atoms with van der Waals surface area (Å²) in [6, 6.07) is 13.8. The first kappa shape index (κ1) is 12.5. The van der Waals surface area contributed by atoms with Gasteiger partial charge in [0.15, 0.2) is 0 Å². The Morgan fingerprint density at radius 1 is 1.28 bits per heavy atom. The van der Waals surface area contributed by atoms with Gasteiger partial charge in [-0.3, -0.25) is 0 Å². The molecule has 0 unspecified atom stereocenters. The van der Waals surface area contributed by atoms with Crippen LogP contribution in [-0.2, 0) is 0 Å². The summed E-state index contributed by atoms with van der Waals surface area (Å²) in [5.41, 5.74) is 3.60. The number of benzene rings is 1. The fraction of sp³-hybridized carbons (Fsp3) is 0.188. The lowest BCUT2D eigenvalue weighted by Crippen LogP contribution is -1.98. The van der Waals surface area contributed by atoms with Gasteiger partial charge in [-0.15, -0.1) is 0 Å². The Morgan fingerprint density at radius 2 is 2.00 bits per heavy atom. The molecule has 2 heteroatoms. The Kier molecular flexibility index (Phi) is 3.90. The standard InChI is InChI=1S/C16H17NO/c1-3-14-10-13(16(18)4-2)11-15(17-14)12-8-6-5-7-9-12/h3,5-11,16,18H,1,4H2,2H3/t16-/m1/s1. The third-order valence-electron chi connectivity index (χ3n) is 2.92. The number of hydrogen-bond acceptors (Lipinski definition) is 2. The zero-order valence-electron chi connectivity index (χ0n) is 10.5. The van der Waals surface area contributed by atoms with Gasteiger partial charge < -0.3 is 5.11 Å². The second-order valence-electron chi connectivity index (χ2n) is 4.20. The summed E-state index contributed by atoms with van der Waals surface area (Å²) in [4.78, 5) is 4.51. The summed E-state index contributed by atoms with van der Waals surface area (Å²) < 4.78 is 0. The third kappa shape index (κ3) is 2.66. The summed E-state index contributed by atoms with van der Waals surface area (Å²) in [5, 5.41) is 9.96. The molecule has 0 bridgehead atoms. The minimum absolute atomic E-state index is 0.450. The Hall–Kier alpha value is -1.93. The predicted octanol–water partition coefficient (Wildman–Crippen LogP) is 3.84. The van der Waals surface area contributed by atoms with Crippen LogP contribution in [0.4, 0.5) is 0 Å². The summed E-state index contributed by atoms with van der Waals surface area (Å²) in [6.45, 7) is 5.71. The van der Waals surface area contributed by atoms with E-state index in [2.05, 4.69) is 11.6 Å². The smallest absolute Gasteiger partial charge is 0.0789 e. The highest BCUT2D eigenvalue weighted by atomic mass is 16.3. The summed E-state index contributed by atoms with van der Waals surface area (Å²) in [5.74, 6) is 0. The summed E-state index contributed by atoms with van der Waals surface area (Å²) in [6.07, 6.45) is 1.95. The molecule has 2 rings (SSSR count). The van der Waals surface area contributed by atoms with Gasteiger partial charge in [-0.1, -0.05) is 43.8 Å². The molecule has 0 aliphatic carbocycles. The minimum Gasteiger partial charge on any atom is -0.388 e. The number of hydrogen-bond donors (Lipinski definition) is 1. The zero-order chi connectivity index (χ0) is 13.0. The van der Waals surface area contributed by atoms with Crippen LogP contribution in [0.5, 0.6) is 0 Å². The molecule has 0 radical (unpaired) electrons. The molecule has 0 saturated carbocycles. The SMILES string of the molecule is C=Cc1cc([C@H](O)CC)cc(-c2ccccc2)n1. The van der Waals surface area contributed by atoms with E-state index in [1.165, 1.54) is 0 Å². The van der Waals surface area contributed by atoms with Gasteiger partial charge in [0.05, 0.1) is 17.5 Å². The molecule has 1 heterocycles. The zero-order valence-corrected chi connectivity index (χ0v) is 10.5. The van der Waals surface area contributed by atoms with E-state index < -0.39 is 6.10 Å². The average molecular weight is 239 g/mol. The van der Waals surface area contributed by atoms with Crippen LogP contribution in [0.3, 0.4) is 0 Å². The second kappa shape index (κ2) is 5.61. The fourth-order valence-electron chi connectivity index (χ4n) is 1.86. The molecule has 0 aliphatic rings. The van der Waals surface area contributed by atoms with Crippen molar-refractivity contribution in [1.29, 1.82) is 0 Å². The third-order valence-corrected chi connectivity index (χ3v) is 2.92. The Bertz CT molecular complexity index is 534. The van der Waals surface area contributed by atoms with E-state index in [0.29, 0.717) is 6.42 Å². The topological polar surface area (TPSA) is 33.1 Å². The van der Waals surface area contributed by atoms with E-state index in [-0.39, 0.29) is 0 Å². The molecule has 0 spiro atoms. The van der Waals surface area contributed by atoms with Crippen molar-refractivity contribution < 1.29 is 5.11 Å². The van der Waals surface area contributed by atoms with Gasteiger partial charge in [0, 0.05) is 5.56 Å². The molecule has 18 heavy (non-hydrogen) atoms. The van der Waals surface area contributed by atoms with Crippen LogP contribution in [0, 0.1) is 0 Å². The van der Waals surface area contributed by atoms with Crippen LogP contribution >= 0.6 is 0 Å². The van der Waals surface area contributed by atoms with E-state index in [9.17, 15) is 5.11 Å². The van der Waals surface area contributed by atoms with Crippen molar-refractivity contribution in [2.45, 2.75) is 19.4 Å². The van der Waals surface area contributed by atoms with Gasteiger partial charge in [0.2, 0.25) is 0 Å². The average Bonchev–Trinajstić information content (AvgIpc) is 2.46. The van der Waals surface area contributed by atoms with Crippen LogP contribution in [-0.4, -0.2) is 10.1 Å². The highest BCUT2D eigenvalue weighted by Gasteiger charge is 2.09. The fourth-order valence-corrected chi connectivity index (χ4v) is 1.86. The van der Waals surface area contributed by atoms with Crippen molar-refractivity contribution in [1.82, 2.24) is 4.98 Å². The molecule has 1 atom stereocenters. The molecule has 1 aromatic carbocycles. The van der Waals surface area contributed by atoms with Crippen LogP contribution in [0.1, 0.15) is 30.7 Å². The maximum Gasteiger partial charge on any atom is 0.0789 e. The molecule has 0 aliphatic heterocycles. The van der Waals surface area contributed by atoms with Crippen LogP contribution in [0.2, 0.25) is 0 Å². The number of aliphatic hydroxyl groups excluding tert-OH is 1. The molecule has 0 fully saturated rings. The first-order valence-electron chi connectivity index (χ1n) is 6.12. The normalized spacial score (nSPS) is 12.1. The number of rotatable bonds is 4. The molecule has 92 valence electrons. The first-order chi connectivity index (χ1) is 8.74. The van der Waals surface area contributed by atoms with E-state index in [4.69, 9.17) is 0 Å². The number of pyridine rings is 1. The van der Waals surface area contributed by atoms with Crippen molar-refractivity contribution in [2.24, 2.45) is 0 Å². The highest BCUT2D eigenvalue weighted by molar-refractivity contribution is 5.62. The highest BCUT2D eigenvalue weighted by Crippen LogP contribution is 2.24. The molecule has 1 N–H and O–H groups in total. The molecule has 2 nitrogen and oxygen atoms in total. The lowest BCUT2D eigenvalue weighted by Gasteiger charge is -2.11. The maximum atomic E-state index is 9.96. The van der Waals surface area contributed by atoms with E-state index in [1.807, 2.05) is 49.4 Å². The number of aliphatic hydroxyl groups is 1. The molecular weight excluding hydrogens is 222 g/mol. The summed E-state index contributed by atoms with van der Waals surface area (Å²) in [7, 11) is 0. The number of aromatic nitrogens is 1. The van der Waals surface area contributed by atoms with Gasteiger partial charge in [0.1, 0.15) is 0 Å². The van der Waals surface area contributed by atoms with Crippen molar-refractivity contribution in [3.63, 3.8) is 0 Å². The van der Waals surface area contributed by atoms with Crippen molar-refractivity contribution >= 4 is 6.08 Å². The lowest BCUT2D eigenvalue weighted by molar-refractivity contribution is 0.173. The Morgan fingerprint density at radius 3 is 2.61 bits per heavy atom. The van der Waals surface area contributed by atoms with Crippen LogP contribution in [0.15, 0.2) is 49.0 Å². The van der Waals surface area contributed by atoms with Crippen molar-refractivity contribution in [3.05, 3.63) is 60.3 Å². The quantitative estimate of drug-likeness (QED) is 0.879. The van der Waals surface area contributed by atoms with Gasteiger partial charge in [-0.05, 0) is 30.2 Å². The molecule has 2 aromatic rings. The maximum absolute atomic E-state index is 9.96. The van der Waals surface area contributed by atoms with E-state index >= 15 is 0 Å². The van der Waals surface area contributed by atoms with Crippen molar-refractivity contribution in [2.75, 3.05) is 0 Å². The lowest BCUT2D eigenvalue weighted by atomic mass is 10.0. The predicted molar refractivity (Wildman–Crippen MR) is 75.0 cm³/mol. The van der Waals surface area contributed by atoms with E-state index in [1.54, 1.807) is 6.08 Å². The van der Waals surface area contributed by atoms with Gasteiger partial charge >= 0.3 is 0 Å². The molecule has 0 saturated heterocycles.